The van der Waals surface area contributed by atoms with E-state index in [0.717, 1.165) is 4.42 Å². The Labute approximate surface area is 90.0 Å². The number of carbonyl (C=O) groups excluding carboxylic acids is 1. The normalized spacial score (nSPS) is 17.2. The van der Waals surface area contributed by atoms with Gasteiger partial charge in [-0.25, -0.2) is 9.21 Å². The monoisotopic (exact) mass is 190 g/mol. The quantitative estimate of drug-likeness (QED) is 0.266. The Morgan fingerprint density at radius 2 is 2.30 bits per heavy atom. The molecule has 1 aliphatic heterocycles. The molecule has 0 aromatic rings. The molecule has 0 unspecified atom stereocenters. The summed E-state index contributed by atoms with van der Waals surface area (Å²) in [5.74, 6) is 0. The summed E-state index contributed by atoms with van der Waals surface area (Å²) in [4.78, 5) is 13.6. The number of amidine groups is 1. The number of aliphatic imine (C=N–C) groups is 1. The van der Waals surface area contributed by atoms with Gasteiger partial charge in [0.05, 0.1) is 0 Å². The first-order valence-corrected chi connectivity index (χ1v) is 2.87. The van der Waals surface area contributed by atoms with Crippen LogP contribution in [0.1, 0.15) is 0 Å². The van der Waals surface area contributed by atoms with Crippen molar-refractivity contribution in [3.63, 3.8) is 0 Å². The van der Waals surface area contributed by atoms with Crippen LogP contribution in [0.5, 0.6) is 0 Å². The Balaban J connectivity index is 0.000000810. The van der Waals surface area contributed by atoms with Crippen molar-refractivity contribution in [3.8, 4) is 0 Å². The number of halogens is 2. The first-order valence-electron chi connectivity index (χ1n) is 2.15. The molecule has 4 nitrogen and oxygen atoms in total. The average molecular weight is 191 g/mol. The second kappa shape index (κ2) is 4.41. The fourth-order valence-electron chi connectivity index (χ4n) is 0.380. The van der Waals surface area contributed by atoms with E-state index < -0.39 is 6.03 Å². The molecule has 0 saturated heterocycles. The van der Waals surface area contributed by atoms with Crippen molar-refractivity contribution in [3.05, 3.63) is 0 Å². The molecule has 50 valence electrons. The van der Waals surface area contributed by atoms with E-state index >= 15 is 0 Å². The van der Waals surface area contributed by atoms with E-state index in [-0.39, 0.29) is 41.5 Å². The molecule has 0 radical (unpaired) electrons. The van der Waals surface area contributed by atoms with Crippen molar-refractivity contribution >= 4 is 34.7 Å². The molecule has 0 fully saturated rings. The predicted octanol–water partition coefficient (Wildman–Crippen LogP) is -2.28. The van der Waals surface area contributed by atoms with Crippen LogP contribution < -0.4 is 34.9 Å². The number of nitrogens with zero attached hydrogens (tertiary/aromatic N) is 2. The van der Waals surface area contributed by atoms with Crippen LogP contribution in [0.2, 0.25) is 0 Å². The largest absolute Gasteiger partial charge is 1.00 e. The summed E-state index contributed by atoms with van der Waals surface area (Å²) in [6.45, 7) is 0.197. The van der Waals surface area contributed by atoms with Gasteiger partial charge < -0.3 is 5.32 Å². The van der Waals surface area contributed by atoms with Crippen molar-refractivity contribution in [2.75, 3.05) is 6.67 Å². The molecular formula is C3H3Cl2N3NaO+. The molecule has 0 atom stereocenters. The summed E-state index contributed by atoms with van der Waals surface area (Å²) >= 11 is 10.7. The van der Waals surface area contributed by atoms with Crippen LogP contribution in [-0.4, -0.2) is 22.4 Å². The van der Waals surface area contributed by atoms with Gasteiger partial charge in [0, 0.05) is 11.8 Å². The third-order valence-corrected chi connectivity index (χ3v) is 1.42. The molecule has 0 bridgehead atoms. The summed E-state index contributed by atoms with van der Waals surface area (Å²) in [5, 5.41) is 2.35. The molecule has 0 aliphatic carbocycles. The van der Waals surface area contributed by atoms with Crippen molar-refractivity contribution in [2.45, 2.75) is 0 Å². The maximum atomic E-state index is 10.4. The Hall–Kier alpha value is 0.520. The molecule has 1 heterocycles. The fraction of sp³-hybridized carbons (Fsp3) is 0.333. The number of hydrogen-bond donors (Lipinski definition) is 1. The van der Waals surface area contributed by atoms with Gasteiger partial charge in [0.15, 0.2) is 0 Å². The first kappa shape index (κ1) is 10.5. The van der Waals surface area contributed by atoms with E-state index in [2.05, 4.69) is 10.3 Å². The van der Waals surface area contributed by atoms with Gasteiger partial charge >= 0.3 is 35.6 Å². The van der Waals surface area contributed by atoms with Gasteiger partial charge in [-0.2, -0.15) is 4.99 Å². The minimum atomic E-state index is -0.461. The van der Waals surface area contributed by atoms with Gasteiger partial charge in [-0.05, 0) is 11.6 Å². The van der Waals surface area contributed by atoms with Crippen LogP contribution in [0.4, 0.5) is 4.79 Å². The van der Waals surface area contributed by atoms with Crippen LogP contribution >= 0.6 is 23.4 Å². The van der Waals surface area contributed by atoms with Crippen molar-refractivity contribution in [1.29, 1.82) is 0 Å². The van der Waals surface area contributed by atoms with Gasteiger partial charge in [-0.1, -0.05) is 0 Å². The SMILES string of the molecule is O=C1N=C(Cl)N(Cl)CN1.[Na+]. The zero-order chi connectivity index (χ0) is 6.85. The van der Waals surface area contributed by atoms with Crippen LogP contribution in [0, 0.1) is 0 Å². The van der Waals surface area contributed by atoms with Crippen molar-refractivity contribution in [2.24, 2.45) is 4.99 Å². The smallest absolute Gasteiger partial charge is 0.317 e. The first-order chi connectivity index (χ1) is 4.20. The number of hydrogen-bond acceptors (Lipinski definition) is 2. The maximum Gasteiger partial charge on any atom is 1.00 e. The van der Waals surface area contributed by atoms with E-state index in [9.17, 15) is 4.79 Å². The molecule has 2 amide bonds. The predicted molar refractivity (Wildman–Crippen MR) is 34.4 cm³/mol. The third-order valence-electron chi connectivity index (χ3n) is 0.763. The van der Waals surface area contributed by atoms with Gasteiger partial charge in [0.25, 0.3) is 0 Å². The fourth-order valence-corrected chi connectivity index (χ4v) is 0.614. The van der Waals surface area contributed by atoms with Crippen molar-refractivity contribution < 1.29 is 34.4 Å². The molecule has 0 spiro atoms. The van der Waals surface area contributed by atoms with Crippen LogP contribution in [0.25, 0.3) is 0 Å². The maximum absolute atomic E-state index is 10.4. The summed E-state index contributed by atoms with van der Waals surface area (Å²) in [5.41, 5.74) is 0. The molecule has 0 saturated carbocycles. The number of nitrogens with one attached hydrogen (secondary N) is 1. The molecular weight excluding hydrogens is 188 g/mol. The zero-order valence-electron chi connectivity index (χ0n) is 5.27. The Kier molecular flexibility index (Phi) is 4.64. The van der Waals surface area contributed by atoms with Gasteiger partial charge in [-0.15, -0.1) is 0 Å². The Morgan fingerprint density at radius 1 is 1.70 bits per heavy atom. The minimum absolute atomic E-state index is 0. The molecule has 1 aliphatic rings. The molecule has 10 heavy (non-hydrogen) atoms. The third kappa shape index (κ3) is 2.64. The topological polar surface area (TPSA) is 44.7 Å². The molecule has 1 rings (SSSR count). The van der Waals surface area contributed by atoms with E-state index in [4.69, 9.17) is 23.4 Å². The summed E-state index contributed by atoms with van der Waals surface area (Å²) < 4.78 is 1.10. The Morgan fingerprint density at radius 3 is 2.70 bits per heavy atom. The summed E-state index contributed by atoms with van der Waals surface area (Å²) in [6.07, 6.45) is 0. The number of rotatable bonds is 0. The van der Waals surface area contributed by atoms with Crippen molar-refractivity contribution in [1.82, 2.24) is 9.74 Å². The van der Waals surface area contributed by atoms with Crippen LogP contribution in [0.3, 0.4) is 0 Å². The zero-order valence-corrected chi connectivity index (χ0v) is 8.78. The van der Waals surface area contributed by atoms with E-state index in [1.54, 1.807) is 0 Å². The van der Waals surface area contributed by atoms with E-state index in [1.165, 1.54) is 0 Å². The van der Waals surface area contributed by atoms with Gasteiger partial charge in [-0.3, -0.25) is 0 Å². The summed E-state index contributed by atoms with van der Waals surface area (Å²) in [6, 6.07) is -0.461. The molecule has 7 heteroatoms. The standard InChI is InChI=1S/C3H3Cl2N3O.Na/c4-2-7-3(9)6-1-8(2)5;/h1H2,(H,6,9);/q;+1. The van der Waals surface area contributed by atoms with Gasteiger partial charge in [0.2, 0.25) is 5.29 Å². The van der Waals surface area contributed by atoms with Gasteiger partial charge in [0.1, 0.15) is 6.67 Å². The molecule has 0 aromatic heterocycles. The summed E-state index contributed by atoms with van der Waals surface area (Å²) in [7, 11) is 0. The van der Waals surface area contributed by atoms with E-state index in [1.807, 2.05) is 0 Å². The number of carbonyl (C=O) groups is 1. The average Bonchev–Trinajstić information content (AvgIpc) is 1.80. The second-order valence-electron chi connectivity index (χ2n) is 1.38. The number of amides is 2. The Bertz CT molecular complexity index is 173. The molecule has 1 N–H and O–H groups in total. The second-order valence-corrected chi connectivity index (χ2v) is 2.13. The van der Waals surface area contributed by atoms with Crippen LogP contribution in [-0.2, 0) is 0 Å². The number of urea groups is 1. The minimum Gasteiger partial charge on any atom is -0.317 e. The molecule has 0 aromatic carbocycles. The van der Waals surface area contributed by atoms with E-state index in [0.29, 0.717) is 0 Å². The van der Waals surface area contributed by atoms with Crippen LogP contribution in [0.15, 0.2) is 4.99 Å².